The summed E-state index contributed by atoms with van der Waals surface area (Å²) in [6.07, 6.45) is 0. The summed E-state index contributed by atoms with van der Waals surface area (Å²) >= 11 is 1.85. The number of hydrogen-bond donors (Lipinski definition) is 2. The Labute approximate surface area is 90.1 Å². The Bertz CT molecular complexity index is 254. The van der Waals surface area contributed by atoms with Gasteiger partial charge in [0.1, 0.15) is 0 Å². The molecule has 0 saturated carbocycles. The zero-order chi connectivity index (χ0) is 10.4. The molecule has 4 N–H and O–H groups in total. The number of thioether (sulfide) groups is 1. The molecule has 0 spiro atoms. The van der Waals surface area contributed by atoms with Crippen molar-refractivity contribution in [2.24, 2.45) is 11.5 Å². The van der Waals surface area contributed by atoms with Crippen LogP contribution in [0.25, 0.3) is 0 Å². The molecule has 0 heterocycles. The van der Waals surface area contributed by atoms with Crippen LogP contribution in [0.4, 0.5) is 0 Å². The van der Waals surface area contributed by atoms with E-state index in [0.29, 0.717) is 19.0 Å². The zero-order valence-corrected chi connectivity index (χ0v) is 9.39. The largest absolute Gasteiger partial charge is 0.330 e. The maximum atomic E-state index is 5.63. The molecule has 14 heavy (non-hydrogen) atoms. The van der Waals surface area contributed by atoms with E-state index in [0.717, 1.165) is 5.75 Å². The molecule has 0 atom stereocenters. The van der Waals surface area contributed by atoms with Gasteiger partial charge in [-0.05, 0) is 23.4 Å². The van der Waals surface area contributed by atoms with Gasteiger partial charge in [0.2, 0.25) is 0 Å². The first-order valence-corrected chi connectivity index (χ1v) is 5.93. The van der Waals surface area contributed by atoms with Crippen molar-refractivity contribution >= 4 is 11.8 Å². The average Bonchev–Trinajstić information content (AvgIpc) is 2.23. The topological polar surface area (TPSA) is 52.0 Å². The second kappa shape index (κ2) is 6.06. The first-order valence-electron chi connectivity index (χ1n) is 4.94. The summed E-state index contributed by atoms with van der Waals surface area (Å²) in [4.78, 5) is 1.31. The summed E-state index contributed by atoms with van der Waals surface area (Å²) in [6, 6.07) is 8.54. The number of benzene rings is 1. The summed E-state index contributed by atoms with van der Waals surface area (Å²) in [7, 11) is 0. The molecule has 0 aromatic heterocycles. The van der Waals surface area contributed by atoms with E-state index in [2.05, 4.69) is 31.2 Å². The summed E-state index contributed by atoms with van der Waals surface area (Å²) in [5.74, 6) is 1.41. The second-order valence-corrected chi connectivity index (χ2v) is 4.51. The minimum atomic E-state index is 0.302. The molecule has 0 fully saturated rings. The molecule has 0 bridgehead atoms. The van der Waals surface area contributed by atoms with Gasteiger partial charge in [0, 0.05) is 23.9 Å². The van der Waals surface area contributed by atoms with E-state index in [1.54, 1.807) is 0 Å². The fraction of sp³-hybridized carbons (Fsp3) is 0.455. The molecule has 3 heteroatoms. The lowest BCUT2D eigenvalue weighted by molar-refractivity contribution is 0.708. The summed E-state index contributed by atoms with van der Waals surface area (Å²) in [5.41, 5.74) is 12.5. The highest BCUT2D eigenvalue weighted by Gasteiger charge is 2.06. The maximum Gasteiger partial charge on any atom is 0.00841 e. The van der Waals surface area contributed by atoms with Crippen LogP contribution in [-0.2, 0) is 0 Å². The molecule has 1 rings (SSSR count). The standard InChI is InChI=1S/C11H18N2S/c1-2-14-11-5-3-9(4-6-11)10(7-12)8-13/h3-6,10H,2,7-8,12-13H2,1H3. The van der Waals surface area contributed by atoms with E-state index in [1.807, 2.05) is 11.8 Å². The van der Waals surface area contributed by atoms with Crippen LogP contribution < -0.4 is 11.5 Å². The van der Waals surface area contributed by atoms with Crippen molar-refractivity contribution < 1.29 is 0 Å². The van der Waals surface area contributed by atoms with Gasteiger partial charge in [-0.2, -0.15) is 0 Å². The van der Waals surface area contributed by atoms with Crippen LogP contribution in [0, 0.1) is 0 Å². The fourth-order valence-corrected chi connectivity index (χ4v) is 2.03. The van der Waals surface area contributed by atoms with Crippen LogP contribution in [0.15, 0.2) is 29.2 Å². The number of hydrogen-bond acceptors (Lipinski definition) is 3. The highest BCUT2D eigenvalue weighted by atomic mass is 32.2. The van der Waals surface area contributed by atoms with E-state index in [9.17, 15) is 0 Å². The molecule has 1 aromatic carbocycles. The molecule has 2 nitrogen and oxygen atoms in total. The van der Waals surface area contributed by atoms with Crippen LogP contribution >= 0.6 is 11.8 Å². The quantitative estimate of drug-likeness (QED) is 0.729. The van der Waals surface area contributed by atoms with Gasteiger partial charge in [0.15, 0.2) is 0 Å². The molecular formula is C11H18N2S. The monoisotopic (exact) mass is 210 g/mol. The van der Waals surface area contributed by atoms with Crippen LogP contribution in [0.5, 0.6) is 0 Å². The van der Waals surface area contributed by atoms with Crippen molar-refractivity contribution in [1.29, 1.82) is 0 Å². The smallest absolute Gasteiger partial charge is 0.00841 e. The predicted octanol–water partition coefficient (Wildman–Crippen LogP) is 1.80. The van der Waals surface area contributed by atoms with Gasteiger partial charge in [0.25, 0.3) is 0 Å². The van der Waals surface area contributed by atoms with Crippen LogP contribution in [0.2, 0.25) is 0 Å². The van der Waals surface area contributed by atoms with Gasteiger partial charge < -0.3 is 11.5 Å². The van der Waals surface area contributed by atoms with E-state index >= 15 is 0 Å². The summed E-state index contributed by atoms with van der Waals surface area (Å²) in [5, 5.41) is 0. The van der Waals surface area contributed by atoms with Gasteiger partial charge in [-0.3, -0.25) is 0 Å². The Morgan fingerprint density at radius 1 is 1.14 bits per heavy atom. The van der Waals surface area contributed by atoms with Crippen LogP contribution in [0.1, 0.15) is 18.4 Å². The predicted molar refractivity (Wildman–Crippen MR) is 63.7 cm³/mol. The zero-order valence-electron chi connectivity index (χ0n) is 8.57. The third kappa shape index (κ3) is 3.01. The first kappa shape index (κ1) is 11.6. The molecule has 1 aromatic rings. The Balaban J connectivity index is 2.71. The lowest BCUT2D eigenvalue weighted by Crippen LogP contribution is -2.20. The summed E-state index contributed by atoms with van der Waals surface area (Å²) < 4.78 is 0. The second-order valence-electron chi connectivity index (χ2n) is 3.17. The fourth-order valence-electron chi connectivity index (χ4n) is 1.37. The Hall–Kier alpha value is -0.510. The highest BCUT2D eigenvalue weighted by molar-refractivity contribution is 7.99. The molecule has 78 valence electrons. The van der Waals surface area contributed by atoms with Gasteiger partial charge >= 0.3 is 0 Å². The Morgan fingerprint density at radius 2 is 1.71 bits per heavy atom. The van der Waals surface area contributed by atoms with Crippen LogP contribution in [0.3, 0.4) is 0 Å². The van der Waals surface area contributed by atoms with E-state index in [4.69, 9.17) is 11.5 Å². The summed E-state index contributed by atoms with van der Waals surface area (Å²) in [6.45, 7) is 3.40. The first-order chi connectivity index (χ1) is 6.81. The van der Waals surface area contributed by atoms with E-state index < -0.39 is 0 Å². The van der Waals surface area contributed by atoms with E-state index in [-0.39, 0.29) is 0 Å². The maximum absolute atomic E-state index is 5.63. The van der Waals surface area contributed by atoms with Crippen molar-refractivity contribution in [2.45, 2.75) is 17.7 Å². The van der Waals surface area contributed by atoms with Crippen molar-refractivity contribution in [3.63, 3.8) is 0 Å². The molecule has 0 saturated heterocycles. The van der Waals surface area contributed by atoms with Crippen molar-refractivity contribution in [3.05, 3.63) is 29.8 Å². The number of rotatable bonds is 5. The molecule has 0 amide bonds. The molecule has 0 aliphatic carbocycles. The molecule has 0 radical (unpaired) electrons. The Kier molecular flexibility index (Phi) is 5.01. The molecule has 0 unspecified atom stereocenters. The normalized spacial score (nSPS) is 10.9. The third-order valence-corrected chi connectivity index (χ3v) is 3.13. The minimum absolute atomic E-state index is 0.302. The van der Waals surface area contributed by atoms with Crippen LogP contribution in [-0.4, -0.2) is 18.8 Å². The van der Waals surface area contributed by atoms with Gasteiger partial charge in [-0.1, -0.05) is 19.1 Å². The van der Waals surface area contributed by atoms with Crippen molar-refractivity contribution in [3.8, 4) is 0 Å². The lowest BCUT2D eigenvalue weighted by atomic mass is 10.00. The minimum Gasteiger partial charge on any atom is -0.330 e. The average molecular weight is 210 g/mol. The van der Waals surface area contributed by atoms with Gasteiger partial charge in [0.05, 0.1) is 0 Å². The lowest BCUT2D eigenvalue weighted by Gasteiger charge is -2.12. The van der Waals surface area contributed by atoms with Crippen molar-refractivity contribution in [1.82, 2.24) is 0 Å². The van der Waals surface area contributed by atoms with Gasteiger partial charge in [-0.25, -0.2) is 0 Å². The van der Waals surface area contributed by atoms with Gasteiger partial charge in [-0.15, -0.1) is 11.8 Å². The highest BCUT2D eigenvalue weighted by Crippen LogP contribution is 2.20. The Morgan fingerprint density at radius 3 is 2.14 bits per heavy atom. The van der Waals surface area contributed by atoms with Crippen molar-refractivity contribution in [2.75, 3.05) is 18.8 Å². The SMILES string of the molecule is CCSc1ccc(C(CN)CN)cc1. The third-order valence-electron chi connectivity index (χ3n) is 2.23. The molecule has 0 aliphatic heterocycles. The molecular weight excluding hydrogens is 192 g/mol. The number of nitrogens with two attached hydrogens (primary N) is 2. The van der Waals surface area contributed by atoms with E-state index in [1.165, 1.54) is 10.5 Å². The molecule has 0 aliphatic rings.